The molecule has 0 aliphatic heterocycles. The molecule has 0 aliphatic rings. The van der Waals surface area contributed by atoms with Crippen LogP contribution in [0.5, 0.6) is 0 Å². The Morgan fingerprint density at radius 1 is 1.50 bits per heavy atom. The number of nitrogens with zero attached hydrogens (tertiary/aromatic N) is 1. The molecule has 0 heterocycles. The first-order valence-electron chi connectivity index (χ1n) is 4.59. The fourth-order valence-corrected chi connectivity index (χ4v) is 1.40. The van der Waals surface area contributed by atoms with Gasteiger partial charge in [0.15, 0.2) is 0 Å². The van der Waals surface area contributed by atoms with Crippen LogP contribution in [0.1, 0.15) is 19.4 Å². The topological polar surface area (TPSA) is 20.3 Å². The first-order valence-corrected chi connectivity index (χ1v) is 4.96. The number of rotatable bonds is 4. The number of carbonyl (C=O) groups excluding carboxylic acids is 1. The first kappa shape index (κ1) is 11.1. The van der Waals surface area contributed by atoms with Crippen LogP contribution in [0.15, 0.2) is 24.3 Å². The molecule has 0 bridgehead atoms. The Balaban J connectivity index is 2.72. The summed E-state index contributed by atoms with van der Waals surface area (Å²) in [7, 11) is 0. The summed E-state index contributed by atoms with van der Waals surface area (Å²) in [6, 6.07) is 7.77. The molecule has 0 N–H and O–H groups in total. The average molecular weight is 212 g/mol. The van der Waals surface area contributed by atoms with Crippen molar-refractivity contribution in [2.75, 3.05) is 0 Å². The number of benzene rings is 1. The molecule has 0 atom stereocenters. The lowest BCUT2D eigenvalue weighted by atomic mass is 10.2. The molecule has 0 fully saturated rings. The summed E-state index contributed by atoms with van der Waals surface area (Å²) in [6.07, 6.45) is 0.867. The van der Waals surface area contributed by atoms with Crippen LogP contribution in [0.2, 0.25) is 5.02 Å². The highest BCUT2D eigenvalue weighted by molar-refractivity contribution is 6.30. The summed E-state index contributed by atoms with van der Waals surface area (Å²) >= 11 is 5.84. The Kier molecular flexibility index (Phi) is 3.96. The third-order valence-corrected chi connectivity index (χ3v) is 2.29. The van der Waals surface area contributed by atoms with Crippen LogP contribution in [0, 0.1) is 0 Å². The van der Waals surface area contributed by atoms with Gasteiger partial charge in [-0.15, -0.1) is 0 Å². The van der Waals surface area contributed by atoms with E-state index in [1.807, 2.05) is 38.1 Å². The van der Waals surface area contributed by atoms with Gasteiger partial charge in [-0.2, -0.15) is 0 Å². The highest BCUT2D eigenvalue weighted by Gasteiger charge is 2.06. The van der Waals surface area contributed by atoms with E-state index in [4.69, 9.17) is 11.6 Å². The minimum atomic E-state index is 0.214. The number of halogens is 1. The van der Waals surface area contributed by atoms with E-state index >= 15 is 0 Å². The zero-order valence-corrected chi connectivity index (χ0v) is 9.16. The molecule has 1 aromatic rings. The molecule has 76 valence electrons. The van der Waals surface area contributed by atoms with Crippen molar-refractivity contribution >= 4 is 18.0 Å². The summed E-state index contributed by atoms with van der Waals surface area (Å²) in [6.45, 7) is 4.58. The van der Waals surface area contributed by atoms with Crippen molar-refractivity contribution < 1.29 is 4.79 Å². The van der Waals surface area contributed by atoms with Crippen LogP contribution < -0.4 is 0 Å². The molecule has 0 saturated carbocycles. The third-order valence-electron chi connectivity index (χ3n) is 2.05. The van der Waals surface area contributed by atoms with E-state index < -0.39 is 0 Å². The van der Waals surface area contributed by atoms with Gasteiger partial charge in [-0.05, 0) is 31.5 Å². The van der Waals surface area contributed by atoms with Gasteiger partial charge in [-0.25, -0.2) is 0 Å². The van der Waals surface area contributed by atoms with Crippen molar-refractivity contribution in [3.63, 3.8) is 0 Å². The van der Waals surface area contributed by atoms with Crippen molar-refractivity contribution in [3.05, 3.63) is 34.9 Å². The maximum Gasteiger partial charge on any atom is 0.210 e. The van der Waals surface area contributed by atoms with Gasteiger partial charge in [-0.1, -0.05) is 23.7 Å². The maximum atomic E-state index is 10.7. The molecule has 0 aromatic heterocycles. The lowest BCUT2D eigenvalue weighted by Crippen LogP contribution is -2.28. The van der Waals surface area contributed by atoms with Gasteiger partial charge in [0.2, 0.25) is 6.41 Å². The van der Waals surface area contributed by atoms with Gasteiger partial charge < -0.3 is 4.90 Å². The molecular formula is C11H14ClNO. The number of hydrogen-bond acceptors (Lipinski definition) is 1. The second kappa shape index (κ2) is 5.01. The van der Waals surface area contributed by atoms with E-state index in [9.17, 15) is 4.79 Å². The lowest BCUT2D eigenvalue weighted by molar-refractivity contribution is -0.120. The van der Waals surface area contributed by atoms with Gasteiger partial charge in [-0.3, -0.25) is 4.79 Å². The Bertz CT molecular complexity index is 312. The fraction of sp³-hybridized carbons (Fsp3) is 0.364. The SMILES string of the molecule is CC(C)N(C=O)Cc1cccc(Cl)c1. The van der Waals surface area contributed by atoms with Crippen LogP contribution >= 0.6 is 11.6 Å². The molecule has 0 radical (unpaired) electrons. The van der Waals surface area contributed by atoms with Crippen molar-refractivity contribution in [2.45, 2.75) is 26.4 Å². The van der Waals surface area contributed by atoms with E-state index in [-0.39, 0.29) is 6.04 Å². The molecule has 0 aliphatic carbocycles. The molecule has 0 unspecified atom stereocenters. The summed E-state index contributed by atoms with van der Waals surface area (Å²) in [4.78, 5) is 12.5. The first-order chi connectivity index (χ1) is 6.63. The summed E-state index contributed by atoms with van der Waals surface area (Å²) < 4.78 is 0. The second-order valence-electron chi connectivity index (χ2n) is 3.50. The molecule has 1 rings (SSSR count). The van der Waals surface area contributed by atoms with Crippen molar-refractivity contribution in [1.82, 2.24) is 4.90 Å². The van der Waals surface area contributed by atoms with Gasteiger partial charge >= 0.3 is 0 Å². The minimum Gasteiger partial charge on any atom is -0.339 e. The summed E-state index contributed by atoms with van der Waals surface area (Å²) in [5, 5.41) is 0.706. The van der Waals surface area contributed by atoms with Gasteiger partial charge in [0, 0.05) is 17.6 Å². The molecule has 2 nitrogen and oxygen atoms in total. The maximum absolute atomic E-state index is 10.7. The molecular weight excluding hydrogens is 198 g/mol. The zero-order valence-electron chi connectivity index (χ0n) is 8.40. The number of hydrogen-bond donors (Lipinski definition) is 0. The molecule has 1 aromatic carbocycles. The number of carbonyl (C=O) groups is 1. The van der Waals surface area contributed by atoms with E-state index in [1.165, 1.54) is 0 Å². The zero-order chi connectivity index (χ0) is 10.6. The largest absolute Gasteiger partial charge is 0.339 e. The predicted octanol–water partition coefficient (Wildman–Crippen LogP) is 2.71. The normalized spacial score (nSPS) is 10.3. The van der Waals surface area contributed by atoms with Crippen LogP contribution in [-0.2, 0) is 11.3 Å². The van der Waals surface area contributed by atoms with Crippen LogP contribution in [-0.4, -0.2) is 17.4 Å². The Labute approximate surface area is 89.5 Å². The van der Waals surface area contributed by atoms with E-state index in [0.29, 0.717) is 11.6 Å². The Hall–Kier alpha value is -1.02. The minimum absolute atomic E-state index is 0.214. The lowest BCUT2D eigenvalue weighted by Gasteiger charge is -2.21. The standard InChI is InChI=1S/C11H14ClNO/c1-9(2)13(8-14)7-10-4-3-5-11(12)6-10/h3-6,8-9H,7H2,1-2H3. The van der Waals surface area contributed by atoms with Gasteiger partial charge in [0.05, 0.1) is 0 Å². The van der Waals surface area contributed by atoms with Crippen LogP contribution in [0.4, 0.5) is 0 Å². The monoisotopic (exact) mass is 211 g/mol. The highest BCUT2D eigenvalue weighted by atomic mass is 35.5. The second-order valence-corrected chi connectivity index (χ2v) is 3.94. The van der Waals surface area contributed by atoms with E-state index in [0.717, 1.165) is 12.0 Å². The van der Waals surface area contributed by atoms with Crippen molar-refractivity contribution in [2.24, 2.45) is 0 Å². The van der Waals surface area contributed by atoms with E-state index in [2.05, 4.69) is 0 Å². The Morgan fingerprint density at radius 3 is 2.71 bits per heavy atom. The quantitative estimate of drug-likeness (QED) is 0.702. The average Bonchev–Trinajstić information content (AvgIpc) is 2.14. The van der Waals surface area contributed by atoms with Crippen molar-refractivity contribution in [3.8, 4) is 0 Å². The Morgan fingerprint density at radius 2 is 2.21 bits per heavy atom. The smallest absolute Gasteiger partial charge is 0.210 e. The van der Waals surface area contributed by atoms with Gasteiger partial charge in [0.25, 0.3) is 0 Å². The van der Waals surface area contributed by atoms with Crippen molar-refractivity contribution in [1.29, 1.82) is 0 Å². The molecule has 0 saturated heterocycles. The number of amides is 1. The molecule has 1 amide bonds. The molecule has 3 heteroatoms. The van der Waals surface area contributed by atoms with Crippen LogP contribution in [0.25, 0.3) is 0 Å². The third kappa shape index (κ3) is 3.04. The summed E-state index contributed by atoms with van der Waals surface area (Å²) in [5.41, 5.74) is 1.05. The molecule has 0 spiro atoms. The predicted molar refractivity (Wildman–Crippen MR) is 58.2 cm³/mol. The fourth-order valence-electron chi connectivity index (χ4n) is 1.19. The van der Waals surface area contributed by atoms with Gasteiger partial charge in [0.1, 0.15) is 0 Å². The summed E-state index contributed by atoms with van der Waals surface area (Å²) in [5.74, 6) is 0. The van der Waals surface area contributed by atoms with Crippen LogP contribution in [0.3, 0.4) is 0 Å². The molecule has 14 heavy (non-hydrogen) atoms. The highest BCUT2D eigenvalue weighted by Crippen LogP contribution is 2.12. The van der Waals surface area contributed by atoms with E-state index in [1.54, 1.807) is 4.90 Å².